The van der Waals surface area contributed by atoms with Crippen molar-refractivity contribution in [1.29, 1.82) is 0 Å². The molecule has 3 aromatic heterocycles. The molecule has 5 heterocycles. The smallest absolute Gasteiger partial charge is 0.134 e. The third-order valence-electron chi connectivity index (χ3n) is 5.72. The van der Waals surface area contributed by atoms with Crippen molar-refractivity contribution in [2.45, 2.75) is 12.8 Å². The Hall–Kier alpha value is -4.06. The average Bonchev–Trinajstić information content (AvgIpc) is 3.55. The molecule has 156 valence electrons. The molecular formula is C26H18F2N4. The van der Waals surface area contributed by atoms with Gasteiger partial charge in [0.2, 0.25) is 0 Å². The summed E-state index contributed by atoms with van der Waals surface area (Å²) in [5.74, 6) is -1.22. The van der Waals surface area contributed by atoms with Crippen LogP contribution < -0.4 is 0 Å². The van der Waals surface area contributed by atoms with Crippen molar-refractivity contribution < 1.29 is 8.78 Å². The van der Waals surface area contributed by atoms with E-state index in [0.29, 0.717) is 29.6 Å². The zero-order valence-electron chi connectivity index (χ0n) is 17.0. The number of hydrogen-bond acceptors (Lipinski definition) is 2. The quantitative estimate of drug-likeness (QED) is 0.336. The van der Waals surface area contributed by atoms with E-state index in [-0.39, 0.29) is 5.56 Å². The number of rotatable bonds is 1. The van der Waals surface area contributed by atoms with E-state index in [0.717, 1.165) is 33.6 Å². The number of fused-ring (bicyclic) bond motifs is 8. The van der Waals surface area contributed by atoms with Crippen LogP contribution >= 0.6 is 0 Å². The van der Waals surface area contributed by atoms with Crippen molar-refractivity contribution in [3.05, 3.63) is 95.1 Å². The monoisotopic (exact) mass is 424 g/mol. The standard InChI is InChI=1S/C26H18F2N4/c27-21-2-1-3-22(28)25(21)26-23-10-8-19(31-23)13-17-6-4-15(29-17)12-16-5-7-18(30-16)14-20-9-11-24(26)32-20/h1-8,10,12-14,30-31H,9,11H2. The summed E-state index contributed by atoms with van der Waals surface area (Å²) in [6, 6.07) is 17.5. The zero-order valence-corrected chi connectivity index (χ0v) is 17.0. The molecule has 0 fully saturated rings. The minimum absolute atomic E-state index is 0.0625. The van der Waals surface area contributed by atoms with E-state index < -0.39 is 11.6 Å². The van der Waals surface area contributed by atoms with Gasteiger partial charge in [0.05, 0.1) is 22.6 Å². The number of halogens is 2. The number of H-pyrrole nitrogens is 2. The average molecular weight is 424 g/mol. The second-order valence-corrected chi connectivity index (χ2v) is 7.95. The molecule has 0 saturated carbocycles. The molecule has 1 aromatic carbocycles. The van der Waals surface area contributed by atoms with Crippen molar-refractivity contribution in [1.82, 2.24) is 19.9 Å². The van der Waals surface area contributed by atoms with E-state index >= 15 is 0 Å². The summed E-state index contributed by atoms with van der Waals surface area (Å²) in [6.07, 6.45) is 5.18. The maximum Gasteiger partial charge on any atom is 0.134 e. The summed E-state index contributed by atoms with van der Waals surface area (Å²) in [5.41, 5.74) is 6.83. The number of aromatic amines is 2. The molecule has 0 aliphatic carbocycles. The lowest BCUT2D eigenvalue weighted by molar-refractivity contribution is 0.589. The summed E-state index contributed by atoms with van der Waals surface area (Å²) in [5, 5.41) is 0. The lowest BCUT2D eigenvalue weighted by atomic mass is 10.0. The number of aromatic nitrogens is 4. The van der Waals surface area contributed by atoms with Gasteiger partial charge in [-0.1, -0.05) is 6.07 Å². The van der Waals surface area contributed by atoms with E-state index in [1.54, 1.807) is 0 Å². The van der Waals surface area contributed by atoms with Crippen LogP contribution in [0.5, 0.6) is 0 Å². The van der Waals surface area contributed by atoms with Crippen LogP contribution in [-0.2, 0) is 12.8 Å². The van der Waals surface area contributed by atoms with E-state index in [2.05, 4.69) is 15.0 Å². The normalized spacial score (nSPS) is 12.9. The van der Waals surface area contributed by atoms with E-state index in [1.165, 1.54) is 18.2 Å². The van der Waals surface area contributed by atoms with Crippen molar-refractivity contribution in [3.63, 3.8) is 0 Å². The fourth-order valence-electron chi connectivity index (χ4n) is 4.28. The Morgan fingerprint density at radius 1 is 0.656 bits per heavy atom. The van der Waals surface area contributed by atoms with Crippen LogP contribution in [0, 0.1) is 11.6 Å². The lowest BCUT2D eigenvalue weighted by Gasteiger charge is -2.07. The lowest BCUT2D eigenvalue weighted by Crippen LogP contribution is -1.95. The highest BCUT2D eigenvalue weighted by atomic mass is 19.1. The predicted octanol–water partition coefficient (Wildman–Crippen LogP) is 6.22. The van der Waals surface area contributed by atoms with Gasteiger partial charge in [0.25, 0.3) is 0 Å². The Labute approximate surface area is 182 Å². The molecule has 2 aliphatic rings. The van der Waals surface area contributed by atoms with Gasteiger partial charge in [0.15, 0.2) is 0 Å². The third-order valence-corrected chi connectivity index (χ3v) is 5.72. The molecular weight excluding hydrogens is 406 g/mol. The third kappa shape index (κ3) is 3.30. The van der Waals surface area contributed by atoms with Gasteiger partial charge in [-0.15, -0.1) is 0 Å². The van der Waals surface area contributed by atoms with Crippen LogP contribution in [0.25, 0.3) is 45.3 Å². The SMILES string of the molecule is Fc1cccc(F)c1-c1c2nc(cc3ccc(cc4nc(cc5ccc1[nH]5)C=C4)[nH]3)CC2. The second kappa shape index (κ2) is 7.27. The van der Waals surface area contributed by atoms with E-state index in [9.17, 15) is 8.78 Å². The van der Waals surface area contributed by atoms with Crippen molar-refractivity contribution in [3.8, 4) is 11.1 Å². The first kappa shape index (κ1) is 18.7. The molecule has 0 unspecified atom stereocenters. The number of benzene rings is 1. The highest BCUT2D eigenvalue weighted by Gasteiger charge is 2.20. The first-order chi connectivity index (χ1) is 15.6. The highest BCUT2D eigenvalue weighted by molar-refractivity contribution is 5.85. The van der Waals surface area contributed by atoms with Gasteiger partial charge in [-0.2, -0.15) is 0 Å². The van der Waals surface area contributed by atoms with Crippen LogP contribution in [-0.4, -0.2) is 19.9 Å². The van der Waals surface area contributed by atoms with Crippen LogP contribution in [0.4, 0.5) is 8.78 Å². The summed E-state index contributed by atoms with van der Waals surface area (Å²) in [4.78, 5) is 16.1. The second-order valence-electron chi connectivity index (χ2n) is 7.95. The molecule has 32 heavy (non-hydrogen) atoms. The molecule has 2 aliphatic heterocycles. The molecule has 6 rings (SSSR count). The molecule has 2 N–H and O–H groups in total. The number of aryl methyl sites for hydroxylation is 2. The van der Waals surface area contributed by atoms with Crippen LogP contribution in [0.15, 0.2) is 60.7 Å². The van der Waals surface area contributed by atoms with Crippen LogP contribution in [0.1, 0.15) is 22.8 Å². The predicted molar refractivity (Wildman–Crippen MR) is 123 cm³/mol. The summed E-state index contributed by atoms with van der Waals surface area (Å²) < 4.78 is 29.7. The maximum absolute atomic E-state index is 14.8. The molecule has 6 heteroatoms. The topological polar surface area (TPSA) is 57.4 Å². The Balaban J connectivity index is 1.74. The summed E-state index contributed by atoms with van der Waals surface area (Å²) >= 11 is 0. The molecule has 8 bridgehead atoms. The van der Waals surface area contributed by atoms with Gasteiger partial charge in [0, 0.05) is 33.3 Å². The first-order valence-electron chi connectivity index (χ1n) is 10.4. The van der Waals surface area contributed by atoms with Crippen LogP contribution in [0.3, 0.4) is 0 Å². The summed E-state index contributed by atoms with van der Waals surface area (Å²) in [6.45, 7) is 0. The Kier molecular flexibility index (Phi) is 4.24. The maximum atomic E-state index is 14.8. The molecule has 0 radical (unpaired) electrons. The Bertz CT molecular complexity index is 1540. The highest BCUT2D eigenvalue weighted by Crippen LogP contribution is 2.33. The number of nitrogens with zero attached hydrogens (tertiary/aromatic N) is 2. The number of hydrogen-bond donors (Lipinski definition) is 2. The van der Waals surface area contributed by atoms with Gasteiger partial charge in [-0.3, -0.25) is 4.98 Å². The molecule has 4 nitrogen and oxygen atoms in total. The number of nitrogens with one attached hydrogen (secondary N) is 2. The molecule has 4 aromatic rings. The Morgan fingerprint density at radius 2 is 1.31 bits per heavy atom. The molecule has 0 amide bonds. The van der Waals surface area contributed by atoms with Gasteiger partial charge in [0.1, 0.15) is 11.6 Å². The minimum Gasteiger partial charge on any atom is -0.355 e. The largest absolute Gasteiger partial charge is 0.355 e. The van der Waals surface area contributed by atoms with Crippen molar-refractivity contribution >= 4 is 34.2 Å². The molecule has 0 saturated heterocycles. The van der Waals surface area contributed by atoms with Crippen molar-refractivity contribution in [2.75, 3.05) is 0 Å². The summed E-state index contributed by atoms with van der Waals surface area (Å²) in [7, 11) is 0. The fraction of sp³-hybridized carbons (Fsp3) is 0.0769. The van der Waals surface area contributed by atoms with Gasteiger partial charge >= 0.3 is 0 Å². The fourth-order valence-corrected chi connectivity index (χ4v) is 4.28. The van der Waals surface area contributed by atoms with Crippen LogP contribution in [0.2, 0.25) is 0 Å². The van der Waals surface area contributed by atoms with Gasteiger partial charge < -0.3 is 9.97 Å². The molecule has 0 atom stereocenters. The van der Waals surface area contributed by atoms with E-state index in [4.69, 9.17) is 4.98 Å². The van der Waals surface area contributed by atoms with Gasteiger partial charge in [-0.05, 0) is 79.6 Å². The van der Waals surface area contributed by atoms with Crippen molar-refractivity contribution in [2.24, 2.45) is 0 Å². The Morgan fingerprint density at radius 3 is 2.06 bits per heavy atom. The van der Waals surface area contributed by atoms with Gasteiger partial charge in [-0.25, -0.2) is 13.8 Å². The minimum atomic E-state index is -0.610. The zero-order chi connectivity index (χ0) is 21.7. The van der Waals surface area contributed by atoms with E-state index in [1.807, 2.05) is 54.6 Å². The molecule has 0 spiro atoms. The first-order valence-corrected chi connectivity index (χ1v) is 10.4.